The van der Waals surface area contributed by atoms with E-state index in [1.807, 2.05) is 24.3 Å². The molecule has 0 spiro atoms. The summed E-state index contributed by atoms with van der Waals surface area (Å²) in [4.78, 5) is 11.4. The third-order valence-electron chi connectivity index (χ3n) is 2.01. The number of rotatable bonds is 5. The molecule has 90 valence electrons. The molecule has 1 amide bonds. The summed E-state index contributed by atoms with van der Waals surface area (Å²) in [6.07, 6.45) is 0.323. The molecule has 0 unspecified atom stereocenters. The van der Waals surface area contributed by atoms with Crippen molar-refractivity contribution in [3.8, 4) is 5.75 Å². The molecule has 0 atom stereocenters. The lowest BCUT2D eigenvalue weighted by Crippen LogP contribution is -2.30. The number of benzene rings is 1. The van der Waals surface area contributed by atoms with Crippen molar-refractivity contribution >= 4 is 18.3 Å². The van der Waals surface area contributed by atoms with E-state index in [9.17, 15) is 4.79 Å². The molecule has 1 rings (SSSR count). The van der Waals surface area contributed by atoms with Crippen molar-refractivity contribution in [2.75, 3.05) is 20.2 Å². The van der Waals surface area contributed by atoms with Crippen LogP contribution in [0.5, 0.6) is 5.75 Å². The van der Waals surface area contributed by atoms with Crippen molar-refractivity contribution < 1.29 is 9.53 Å². The van der Waals surface area contributed by atoms with Crippen LogP contribution >= 0.6 is 12.4 Å². The molecule has 0 aliphatic rings. The highest BCUT2D eigenvalue weighted by Gasteiger charge is 2.06. The molecule has 0 aromatic heterocycles. The predicted octanol–water partition coefficient (Wildman–Crippen LogP) is 0.734. The highest BCUT2D eigenvalue weighted by Crippen LogP contribution is 2.17. The van der Waals surface area contributed by atoms with Gasteiger partial charge in [0.2, 0.25) is 5.91 Å². The largest absolute Gasteiger partial charge is 0.496 e. The van der Waals surface area contributed by atoms with E-state index in [1.54, 1.807) is 7.11 Å². The van der Waals surface area contributed by atoms with E-state index in [4.69, 9.17) is 10.5 Å². The molecule has 0 saturated carbocycles. The normalized spacial score (nSPS) is 9.12. The van der Waals surface area contributed by atoms with Gasteiger partial charge in [0.05, 0.1) is 13.5 Å². The Bertz CT molecular complexity index is 332. The number of amides is 1. The van der Waals surface area contributed by atoms with Crippen LogP contribution in [0.2, 0.25) is 0 Å². The SMILES string of the molecule is COc1ccccc1CC(=O)NCCN.Cl. The van der Waals surface area contributed by atoms with Crippen molar-refractivity contribution in [2.45, 2.75) is 6.42 Å². The van der Waals surface area contributed by atoms with E-state index in [0.717, 1.165) is 11.3 Å². The molecule has 5 heteroatoms. The lowest BCUT2D eigenvalue weighted by Gasteiger charge is -2.07. The Morgan fingerprint density at radius 2 is 2.12 bits per heavy atom. The van der Waals surface area contributed by atoms with Crippen molar-refractivity contribution in [2.24, 2.45) is 5.73 Å². The first kappa shape index (κ1) is 14.7. The van der Waals surface area contributed by atoms with E-state index in [1.165, 1.54) is 0 Å². The summed E-state index contributed by atoms with van der Waals surface area (Å²) < 4.78 is 5.15. The van der Waals surface area contributed by atoms with Crippen LogP contribution < -0.4 is 15.8 Å². The first-order valence-electron chi connectivity index (χ1n) is 4.86. The third kappa shape index (κ3) is 4.51. The second kappa shape index (κ2) is 7.96. The van der Waals surface area contributed by atoms with Crippen LogP contribution in [0.1, 0.15) is 5.56 Å². The van der Waals surface area contributed by atoms with Crippen LogP contribution in [0.3, 0.4) is 0 Å². The summed E-state index contributed by atoms with van der Waals surface area (Å²) in [6.45, 7) is 0.964. The van der Waals surface area contributed by atoms with Gasteiger partial charge in [-0.25, -0.2) is 0 Å². The van der Waals surface area contributed by atoms with Crippen LogP contribution in [0.25, 0.3) is 0 Å². The zero-order valence-corrected chi connectivity index (χ0v) is 10.0. The minimum absolute atomic E-state index is 0. The van der Waals surface area contributed by atoms with Crippen molar-refractivity contribution in [3.05, 3.63) is 29.8 Å². The van der Waals surface area contributed by atoms with Gasteiger partial charge in [-0.1, -0.05) is 18.2 Å². The summed E-state index contributed by atoms with van der Waals surface area (Å²) in [5.41, 5.74) is 6.17. The summed E-state index contributed by atoms with van der Waals surface area (Å²) in [7, 11) is 1.59. The molecule has 0 heterocycles. The van der Waals surface area contributed by atoms with E-state index in [2.05, 4.69) is 5.32 Å². The maximum atomic E-state index is 11.4. The Labute approximate surface area is 102 Å². The van der Waals surface area contributed by atoms with Crippen LogP contribution in [-0.2, 0) is 11.2 Å². The van der Waals surface area contributed by atoms with Crippen LogP contribution in [0.4, 0.5) is 0 Å². The zero-order chi connectivity index (χ0) is 11.1. The molecule has 0 aliphatic heterocycles. The number of halogens is 1. The molecule has 1 aromatic rings. The minimum Gasteiger partial charge on any atom is -0.496 e. The molecule has 0 radical (unpaired) electrons. The van der Waals surface area contributed by atoms with Crippen molar-refractivity contribution in [3.63, 3.8) is 0 Å². The number of nitrogens with two attached hydrogens (primary N) is 1. The van der Waals surface area contributed by atoms with Gasteiger partial charge in [0.15, 0.2) is 0 Å². The topological polar surface area (TPSA) is 64.3 Å². The highest BCUT2D eigenvalue weighted by atomic mass is 35.5. The number of hydrogen-bond donors (Lipinski definition) is 2. The average molecular weight is 245 g/mol. The standard InChI is InChI=1S/C11H16N2O2.ClH/c1-15-10-5-3-2-4-9(10)8-11(14)13-7-6-12;/h2-5H,6-8,12H2,1H3,(H,13,14);1H. The fourth-order valence-electron chi connectivity index (χ4n) is 1.30. The Hall–Kier alpha value is -1.26. The number of para-hydroxylation sites is 1. The van der Waals surface area contributed by atoms with Gasteiger partial charge in [0.25, 0.3) is 0 Å². The van der Waals surface area contributed by atoms with Gasteiger partial charge in [-0.05, 0) is 6.07 Å². The molecular weight excluding hydrogens is 228 g/mol. The van der Waals surface area contributed by atoms with E-state index < -0.39 is 0 Å². The predicted molar refractivity (Wildman–Crippen MR) is 66.0 cm³/mol. The fraction of sp³-hybridized carbons (Fsp3) is 0.364. The molecule has 4 nitrogen and oxygen atoms in total. The molecule has 0 saturated heterocycles. The summed E-state index contributed by atoms with van der Waals surface area (Å²) in [5, 5.41) is 2.71. The molecule has 0 bridgehead atoms. The molecular formula is C11H17ClN2O2. The Balaban J connectivity index is 0.00000225. The molecule has 16 heavy (non-hydrogen) atoms. The lowest BCUT2D eigenvalue weighted by molar-refractivity contribution is -0.120. The van der Waals surface area contributed by atoms with Crippen molar-refractivity contribution in [1.29, 1.82) is 0 Å². The number of nitrogens with one attached hydrogen (secondary N) is 1. The highest BCUT2D eigenvalue weighted by molar-refractivity contribution is 5.85. The van der Waals surface area contributed by atoms with E-state index in [0.29, 0.717) is 19.5 Å². The van der Waals surface area contributed by atoms with E-state index >= 15 is 0 Å². The summed E-state index contributed by atoms with van der Waals surface area (Å²) >= 11 is 0. The van der Waals surface area contributed by atoms with Gasteiger partial charge in [-0.2, -0.15) is 0 Å². The molecule has 0 aliphatic carbocycles. The first-order chi connectivity index (χ1) is 7.27. The third-order valence-corrected chi connectivity index (χ3v) is 2.01. The van der Waals surface area contributed by atoms with E-state index in [-0.39, 0.29) is 18.3 Å². The number of carbonyl (C=O) groups excluding carboxylic acids is 1. The summed E-state index contributed by atoms with van der Waals surface area (Å²) in [5.74, 6) is 0.699. The first-order valence-corrected chi connectivity index (χ1v) is 4.86. The Kier molecular flexibility index (Phi) is 7.33. The lowest BCUT2D eigenvalue weighted by atomic mass is 10.1. The number of ether oxygens (including phenoxy) is 1. The second-order valence-corrected chi connectivity index (χ2v) is 3.13. The van der Waals surface area contributed by atoms with Gasteiger partial charge >= 0.3 is 0 Å². The minimum atomic E-state index is -0.0371. The summed E-state index contributed by atoms with van der Waals surface area (Å²) in [6, 6.07) is 7.47. The second-order valence-electron chi connectivity index (χ2n) is 3.13. The Morgan fingerprint density at radius 1 is 1.44 bits per heavy atom. The monoisotopic (exact) mass is 244 g/mol. The Morgan fingerprint density at radius 3 is 2.75 bits per heavy atom. The smallest absolute Gasteiger partial charge is 0.224 e. The fourth-order valence-corrected chi connectivity index (χ4v) is 1.30. The van der Waals surface area contributed by atoms with Crippen LogP contribution in [0, 0.1) is 0 Å². The van der Waals surface area contributed by atoms with Crippen LogP contribution in [-0.4, -0.2) is 26.1 Å². The number of carbonyl (C=O) groups is 1. The van der Waals surface area contributed by atoms with Crippen molar-refractivity contribution in [1.82, 2.24) is 5.32 Å². The molecule has 0 fully saturated rings. The number of methoxy groups -OCH3 is 1. The van der Waals surface area contributed by atoms with Crippen LogP contribution in [0.15, 0.2) is 24.3 Å². The van der Waals surface area contributed by atoms with Gasteiger partial charge in [0, 0.05) is 18.7 Å². The number of hydrogen-bond acceptors (Lipinski definition) is 3. The van der Waals surface area contributed by atoms with Gasteiger partial charge in [0.1, 0.15) is 5.75 Å². The molecule has 1 aromatic carbocycles. The molecule has 3 N–H and O–H groups in total. The van der Waals surface area contributed by atoms with Gasteiger partial charge in [-0.3, -0.25) is 4.79 Å². The van der Waals surface area contributed by atoms with Gasteiger partial charge in [-0.15, -0.1) is 12.4 Å². The quantitative estimate of drug-likeness (QED) is 0.803. The average Bonchev–Trinajstić information content (AvgIpc) is 2.27. The maximum Gasteiger partial charge on any atom is 0.224 e. The van der Waals surface area contributed by atoms with Gasteiger partial charge < -0.3 is 15.8 Å². The maximum absolute atomic E-state index is 11.4. The zero-order valence-electron chi connectivity index (χ0n) is 9.23.